The Hall–Kier alpha value is -2.57. The van der Waals surface area contributed by atoms with Crippen LogP contribution in [0.15, 0.2) is 24.5 Å². The Bertz CT molecular complexity index is 690. The van der Waals surface area contributed by atoms with Crippen LogP contribution in [0.3, 0.4) is 0 Å². The summed E-state index contributed by atoms with van der Waals surface area (Å²) in [7, 11) is 0. The lowest BCUT2D eigenvalue weighted by atomic mass is 10.0. The standard InChI is InChI=1S/C16H20N6O/c1-11-10-14(21-16-17-7-5-8-18-16)20-15(19-11)13-6-3-4-9-22(13)12(2)23/h5,7-8,10,13H,3-4,6,9H2,1-2H3,(H,17,18,19,20,21). The van der Waals surface area contributed by atoms with Crippen LogP contribution >= 0.6 is 0 Å². The molecule has 7 nitrogen and oxygen atoms in total. The number of carbonyl (C=O) groups excluding carboxylic acids is 1. The zero-order valence-corrected chi connectivity index (χ0v) is 13.4. The number of nitrogens with one attached hydrogen (secondary N) is 1. The van der Waals surface area contributed by atoms with Gasteiger partial charge in [0.15, 0.2) is 5.82 Å². The van der Waals surface area contributed by atoms with Crippen molar-refractivity contribution in [2.75, 3.05) is 11.9 Å². The first-order valence-corrected chi connectivity index (χ1v) is 7.80. The first-order chi connectivity index (χ1) is 11.1. The van der Waals surface area contributed by atoms with Gasteiger partial charge < -0.3 is 10.2 Å². The number of piperidine rings is 1. The summed E-state index contributed by atoms with van der Waals surface area (Å²) in [6.45, 7) is 4.29. The fourth-order valence-electron chi connectivity index (χ4n) is 2.86. The van der Waals surface area contributed by atoms with Crippen molar-refractivity contribution in [1.82, 2.24) is 24.8 Å². The number of amides is 1. The Labute approximate surface area is 135 Å². The molecule has 2 aromatic heterocycles. The monoisotopic (exact) mass is 312 g/mol. The lowest BCUT2D eigenvalue weighted by molar-refractivity contribution is -0.132. The molecule has 3 rings (SSSR count). The molecule has 0 bridgehead atoms. The zero-order valence-electron chi connectivity index (χ0n) is 13.4. The van der Waals surface area contributed by atoms with E-state index in [0.29, 0.717) is 17.6 Å². The van der Waals surface area contributed by atoms with E-state index in [1.807, 2.05) is 17.9 Å². The second-order valence-electron chi connectivity index (χ2n) is 5.67. The molecule has 1 N–H and O–H groups in total. The van der Waals surface area contributed by atoms with E-state index in [1.165, 1.54) is 0 Å². The van der Waals surface area contributed by atoms with E-state index in [4.69, 9.17) is 0 Å². The van der Waals surface area contributed by atoms with Crippen molar-refractivity contribution in [3.8, 4) is 0 Å². The highest BCUT2D eigenvalue weighted by atomic mass is 16.2. The highest BCUT2D eigenvalue weighted by Crippen LogP contribution is 2.29. The molecule has 1 fully saturated rings. The Kier molecular flexibility index (Phi) is 4.45. The predicted octanol–water partition coefficient (Wildman–Crippen LogP) is 2.39. The Morgan fingerprint density at radius 1 is 1.26 bits per heavy atom. The van der Waals surface area contributed by atoms with Gasteiger partial charge in [0.25, 0.3) is 0 Å². The lowest BCUT2D eigenvalue weighted by Crippen LogP contribution is -2.37. The molecule has 1 atom stereocenters. The molecule has 0 saturated carbocycles. The molecule has 1 amide bonds. The zero-order chi connectivity index (χ0) is 16.2. The fraction of sp³-hybridized carbons (Fsp3) is 0.438. The first-order valence-electron chi connectivity index (χ1n) is 7.80. The second-order valence-corrected chi connectivity index (χ2v) is 5.67. The predicted molar refractivity (Wildman–Crippen MR) is 86.1 cm³/mol. The van der Waals surface area contributed by atoms with Gasteiger partial charge in [-0.3, -0.25) is 4.79 Å². The third-order valence-corrected chi connectivity index (χ3v) is 3.88. The SMILES string of the molecule is CC(=O)N1CCCCC1c1nc(C)cc(Nc2ncccn2)n1. The van der Waals surface area contributed by atoms with Gasteiger partial charge in [-0.25, -0.2) is 19.9 Å². The minimum Gasteiger partial charge on any atom is -0.333 e. The molecule has 3 heterocycles. The molecule has 0 aliphatic carbocycles. The number of aryl methyl sites for hydroxylation is 1. The van der Waals surface area contributed by atoms with Crippen LogP contribution in [-0.4, -0.2) is 37.3 Å². The van der Waals surface area contributed by atoms with Gasteiger partial charge in [-0.15, -0.1) is 0 Å². The highest BCUT2D eigenvalue weighted by molar-refractivity contribution is 5.73. The molecule has 120 valence electrons. The van der Waals surface area contributed by atoms with E-state index in [9.17, 15) is 4.79 Å². The van der Waals surface area contributed by atoms with E-state index in [2.05, 4.69) is 25.3 Å². The van der Waals surface area contributed by atoms with E-state index in [1.54, 1.807) is 25.4 Å². The fourth-order valence-corrected chi connectivity index (χ4v) is 2.86. The van der Waals surface area contributed by atoms with Gasteiger partial charge in [-0.05, 0) is 32.3 Å². The molecular formula is C16H20N6O. The summed E-state index contributed by atoms with van der Waals surface area (Å²) < 4.78 is 0. The Morgan fingerprint density at radius 3 is 2.78 bits per heavy atom. The van der Waals surface area contributed by atoms with Gasteiger partial charge in [-0.1, -0.05) is 0 Å². The van der Waals surface area contributed by atoms with Crippen LogP contribution in [0.1, 0.15) is 43.7 Å². The van der Waals surface area contributed by atoms with Gasteiger partial charge in [0.2, 0.25) is 11.9 Å². The number of carbonyl (C=O) groups is 1. The van der Waals surface area contributed by atoms with Crippen LogP contribution < -0.4 is 5.32 Å². The average molecular weight is 312 g/mol. The van der Waals surface area contributed by atoms with Crippen molar-refractivity contribution in [2.45, 2.75) is 39.2 Å². The summed E-state index contributed by atoms with van der Waals surface area (Å²) >= 11 is 0. The molecular weight excluding hydrogens is 292 g/mol. The summed E-state index contributed by atoms with van der Waals surface area (Å²) in [6.07, 6.45) is 6.34. The second kappa shape index (κ2) is 6.68. The summed E-state index contributed by atoms with van der Waals surface area (Å²) in [6, 6.07) is 3.55. The maximum atomic E-state index is 11.9. The number of rotatable bonds is 3. The van der Waals surface area contributed by atoms with Crippen molar-refractivity contribution >= 4 is 17.7 Å². The minimum absolute atomic E-state index is 0.0570. The minimum atomic E-state index is -0.0570. The number of hydrogen-bond acceptors (Lipinski definition) is 6. The smallest absolute Gasteiger partial charge is 0.228 e. The van der Waals surface area contributed by atoms with Crippen molar-refractivity contribution < 1.29 is 4.79 Å². The highest BCUT2D eigenvalue weighted by Gasteiger charge is 2.28. The van der Waals surface area contributed by atoms with Crippen LogP contribution in [-0.2, 0) is 4.79 Å². The van der Waals surface area contributed by atoms with Crippen LogP contribution in [0, 0.1) is 6.92 Å². The molecule has 1 saturated heterocycles. The van der Waals surface area contributed by atoms with Crippen LogP contribution in [0.5, 0.6) is 0 Å². The molecule has 1 aliphatic heterocycles. The van der Waals surface area contributed by atoms with Gasteiger partial charge in [0.1, 0.15) is 5.82 Å². The molecule has 2 aromatic rings. The topological polar surface area (TPSA) is 83.9 Å². The molecule has 1 aliphatic rings. The van der Waals surface area contributed by atoms with Gasteiger partial charge in [0, 0.05) is 37.6 Å². The molecule has 0 aromatic carbocycles. The normalized spacial score (nSPS) is 17.8. The maximum absolute atomic E-state index is 11.9. The Morgan fingerprint density at radius 2 is 2.04 bits per heavy atom. The third-order valence-electron chi connectivity index (χ3n) is 3.88. The summed E-state index contributed by atoms with van der Waals surface area (Å²) in [5.74, 6) is 1.88. The van der Waals surface area contributed by atoms with E-state index < -0.39 is 0 Å². The van der Waals surface area contributed by atoms with Crippen molar-refractivity contribution in [3.63, 3.8) is 0 Å². The summed E-state index contributed by atoms with van der Waals surface area (Å²) in [5.41, 5.74) is 0.850. The summed E-state index contributed by atoms with van der Waals surface area (Å²) in [5, 5.41) is 3.09. The first kappa shape index (κ1) is 15.3. The van der Waals surface area contributed by atoms with Crippen molar-refractivity contribution in [3.05, 3.63) is 36.0 Å². The summed E-state index contributed by atoms with van der Waals surface area (Å²) in [4.78, 5) is 31.2. The van der Waals surface area contributed by atoms with Crippen molar-refractivity contribution in [2.24, 2.45) is 0 Å². The van der Waals surface area contributed by atoms with E-state index >= 15 is 0 Å². The van der Waals surface area contributed by atoms with Gasteiger partial charge >= 0.3 is 0 Å². The molecule has 0 spiro atoms. The van der Waals surface area contributed by atoms with E-state index in [-0.39, 0.29) is 11.9 Å². The maximum Gasteiger partial charge on any atom is 0.228 e. The number of aromatic nitrogens is 4. The number of nitrogens with zero attached hydrogens (tertiary/aromatic N) is 5. The van der Waals surface area contributed by atoms with Gasteiger partial charge in [-0.2, -0.15) is 0 Å². The Balaban J connectivity index is 1.89. The van der Waals surface area contributed by atoms with Crippen LogP contribution in [0.25, 0.3) is 0 Å². The van der Waals surface area contributed by atoms with Crippen LogP contribution in [0.2, 0.25) is 0 Å². The quantitative estimate of drug-likeness (QED) is 0.937. The van der Waals surface area contributed by atoms with Gasteiger partial charge in [0.05, 0.1) is 6.04 Å². The molecule has 23 heavy (non-hydrogen) atoms. The number of anilines is 2. The molecule has 0 radical (unpaired) electrons. The van der Waals surface area contributed by atoms with Crippen molar-refractivity contribution in [1.29, 1.82) is 0 Å². The lowest BCUT2D eigenvalue weighted by Gasteiger charge is -2.34. The largest absolute Gasteiger partial charge is 0.333 e. The van der Waals surface area contributed by atoms with E-state index in [0.717, 1.165) is 31.5 Å². The number of likely N-dealkylation sites (tertiary alicyclic amines) is 1. The third kappa shape index (κ3) is 3.61. The molecule has 1 unspecified atom stereocenters. The number of hydrogen-bond donors (Lipinski definition) is 1. The average Bonchev–Trinajstić information content (AvgIpc) is 2.55. The molecule has 7 heteroatoms. The van der Waals surface area contributed by atoms with Crippen LogP contribution in [0.4, 0.5) is 11.8 Å².